The van der Waals surface area contributed by atoms with Gasteiger partial charge in [-0.25, -0.2) is 0 Å². The highest BCUT2D eigenvalue weighted by atomic mass is 35.5. The minimum atomic E-state index is -0.140. The van der Waals surface area contributed by atoms with Crippen molar-refractivity contribution in [1.29, 1.82) is 0 Å². The van der Waals surface area contributed by atoms with Crippen molar-refractivity contribution in [2.45, 2.75) is 25.5 Å². The number of halogens is 1. The summed E-state index contributed by atoms with van der Waals surface area (Å²) in [7, 11) is 1.58. The average molecular weight is 417 g/mol. The second-order valence-corrected chi connectivity index (χ2v) is 7.42. The molecule has 8 heteroatoms. The lowest BCUT2D eigenvalue weighted by atomic mass is 10.2. The van der Waals surface area contributed by atoms with Gasteiger partial charge in [-0.05, 0) is 43.7 Å². The van der Waals surface area contributed by atoms with E-state index in [2.05, 4.69) is 15.5 Å². The maximum absolute atomic E-state index is 12.4. The minimum absolute atomic E-state index is 0.140. The summed E-state index contributed by atoms with van der Waals surface area (Å²) in [5.41, 5.74) is 2.51. The van der Waals surface area contributed by atoms with Crippen LogP contribution >= 0.6 is 23.4 Å². The van der Waals surface area contributed by atoms with Gasteiger partial charge in [0.1, 0.15) is 5.75 Å². The summed E-state index contributed by atoms with van der Waals surface area (Å²) in [6.07, 6.45) is 0. The summed E-state index contributed by atoms with van der Waals surface area (Å²) in [6, 6.07) is 13.2. The van der Waals surface area contributed by atoms with E-state index in [4.69, 9.17) is 16.3 Å². The Balaban J connectivity index is 1.72. The van der Waals surface area contributed by atoms with E-state index in [0.29, 0.717) is 34.0 Å². The van der Waals surface area contributed by atoms with Gasteiger partial charge in [0.2, 0.25) is 5.91 Å². The summed E-state index contributed by atoms with van der Waals surface area (Å²) >= 11 is 7.62. The van der Waals surface area contributed by atoms with E-state index in [1.165, 1.54) is 11.8 Å². The number of thioether (sulfide) groups is 1. The fourth-order valence-corrected chi connectivity index (χ4v) is 3.78. The van der Waals surface area contributed by atoms with E-state index in [9.17, 15) is 4.79 Å². The summed E-state index contributed by atoms with van der Waals surface area (Å²) in [4.78, 5) is 12.4. The van der Waals surface area contributed by atoms with Crippen LogP contribution in [-0.4, -0.2) is 33.5 Å². The maximum atomic E-state index is 12.4. The first kappa shape index (κ1) is 20.2. The number of hydrogen-bond acceptors (Lipinski definition) is 5. The molecule has 3 rings (SSSR count). The Kier molecular flexibility index (Phi) is 6.59. The molecule has 3 aromatic rings. The average Bonchev–Trinajstić information content (AvgIpc) is 3.09. The van der Waals surface area contributed by atoms with Crippen molar-refractivity contribution in [3.05, 3.63) is 53.1 Å². The lowest BCUT2D eigenvalue weighted by molar-refractivity contribution is -0.113. The summed E-state index contributed by atoms with van der Waals surface area (Å²) in [5, 5.41) is 12.7. The topological polar surface area (TPSA) is 69.0 Å². The van der Waals surface area contributed by atoms with Gasteiger partial charge in [0.25, 0.3) is 0 Å². The molecule has 0 radical (unpaired) electrons. The van der Waals surface area contributed by atoms with Crippen LogP contribution in [0, 0.1) is 6.92 Å². The van der Waals surface area contributed by atoms with Gasteiger partial charge in [0, 0.05) is 12.1 Å². The molecule has 1 heterocycles. The highest BCUT2D eigenvalue weighted by Crippen LogP contribution is 2.30. The van der Waals surface area contributed by atoms with Crippen LogP contribution in [0.1, 0.15) is 12.5 Å². The van der Waals surface area contributed by atoms with Crippen LogP contribution in [0.5, 0.6) is 5.75 Å². The number of methoxy groups -OCH3 is 1. The van der Waals surface area contributed by atoms with Crippen LogP contribution in [0.4, 0.5) is 5.69 Å². The Morgan fingerprint density at radius 3 is 2.75 bits per heavy atom. The summed E-state index contributed by atoms with van der Waals surface area (Å²) in [6.45, 7) is 4.64. The summed E-state index contributed by atoms with van der Waals surface area (Å²) in [5.74, 6) is 1.38. The van der Waals surface area contributed by atoms with Crippen molar-refractivity contribution in [1.82, 2.24) is 14.8 Å². The molecule has 0 unspecified atom stereocenters. The highest BCUT2D eigenvalue weighted by Gasteiger charge is 2.17. The molecular formula is C20H21ClN4O2S. The first-order valence-corrected chi connectivity index (χ1v) is 10.1. The van der Waals surface area contributed by atoms with Crippen molar-refractivity contribution in [3.63, 3.8) is 0 Å². The molecule has 146 valence electrons. The van der Waals surface area contributed by atoms with E-state index in [-0.39, 0.29) is 11.7 Å². The number of aryl methyl sites for hydroxylation is 1. The number of hydrogen-bond donors (Lipinski definition) is 1. The molecule has 0 spiro atoms. The van der Waals surface area contributed by atoms with Crippen LogP contribution in [0.25, 0.3) is 11.4 Å². The number of nitrogens with zero attached hydrogens (tertiary/aromatic N) is 3. The maximum Gasteiger partial charge on any atom is 0.234 e. The van der Waals surface area contributed by atoms with Crippen molar-refractivity contribution in [2.24, 2.45) is 0 Å². The Morgan fingerprint density at radius 2 is 2.04 bits per heavy atom. The Morgan fingerprint density at radius 1 is 1.25 bits per heavy atom. The quantitative estimate of drug-likeness (QED) is 0.567. The molecule has 28 heavy (non-hydrogen) atoms. The van der Waals surface area contributed by atoms with Gasteiger partial charge in [-0.15, -0.1) is 10.2 Å². The zero-order valence-electron chi connectivity index (χ0n) is 15.9. The highest BCUT2D eigenvalue weighted by molar-refractivity contribution is 7.99. The number of ether oxygens (including phenoxy) is 1. The van der Waals surface area contributed by atoms with Gasteiger partial charge in [-0.1, -0.05) is 41.6 Å². The van der Waals surface area contributed by atoms with Gasteiger partial charge in [0.05, 0.1) is 23.6 Å². The molecule has 0 bridgehead atoms. The van der Waals surface area contributed by atoms with Crippen molar-refractivity contribution < 1.29 is 9.53 Å². The minimum Gasteiger partial charge on any atom is -0.495 e. The molecule has 0 aliphatic rings. The fraction of sp³-hybridized carbons (Fsp3) is 0.250. The predicted molar refractivity (Wildman–Crippen MR) is 113 cm³/mol. The number of anilines is 1. The van der Waals surface area contributed by atoms with Crippen LogP contribution in [0.15, 0.2) is 47.6 Å². The van der Waals surface area contributed by atoms with Crippen LogP contribution in [0.2, 0.25) is 5.02 Å². The van der Waals surface area contributed by atoms with E-state index in [1.807, 2.05) is 60.9 Å². The molecule has 0 fully saturated rings. The van der Waals surface area contributed by atoms with Gasteiger partial charge in [0.15, 0.2) is 11.0 Å². The smallest absolute Gasteiger partial charge is 0.234 e. The first-order chi connectivity index (χ1) is 13.5. The van der Waals surface area contributed by atoms with Crippen molar-refractivity contribution >= 4 is 35.0 Å². The van der Waals surface area contributed by atoms with Gasteiger partial charge >= 0.3 is 0 Å². The zero-order valence-corrected chi connectivity index (χ0v) is 17.5. The third-order valence-electron chi connectivity index (χ3n) is 4.11. The molecule has 1 N–H and O–H groups in total. The SMILES string of the molecule is CCn1c(SCC(=O)Nc2cc(C)ccc2OC)nnc1-c1ccccc1Cl. The third kappa shape index (κ3) is 4.48. The molecule has 0 saturated heterocycles. The van der Waals surface area contributed by atoms with Crippen molar-refractivity contribution in [3.8, 4) is 17.1 Å². The Hall–Kier alpha value is -2.51. The van der Waals surface area contributed by atoms with Gasteiger partial charge in [-0.2, -0.15) is 0 Å². The predicted octanol–water partition coefficient (Wildman–Crippen LogP) is 4.67. The van der Waals surface area contributed by atoms with E-state index < -0.39 is 0 Å². The molecule has 1 amide bonds. The second kappa shape index (κ2) is 9.12. The van der Waals surface area contributed by atoms with Crippen molar-refractivity contribution in [2.75, 3.05) is 18.2 Å². The molecule has 0 aliphatic heterocycles. The van der Waals surface area contributed by atoms with Gasteiger partial charge < -0.3 is 14.6 Å². The van der Waals surface area contributed by atoms with Crippen LogP contribution < -0.4 is 10.1 Å². The van der Waals surface area contributed by atoms with Gasteiger partial charge in [-0.3, -0.25) is 4.79 Å². The van der Waals surface area contributed by atoms with E-state index in [0.717, 1.165) is 11.1 Å². The number of carbonyl (C=O) groups excluding carboxylic acids is 1. The standard InChI is InChI=1S/C20H21ClN4O2S/c1-4-25-19(14-7-5-6-8-15(14)21)23-24-20(25)28-12-18(26)22-16-11-13(2)9-10-17(16)27-3/h5-11H,4,12H2,1-3H3,(H,22,26). The Bertz CT molecular complexity index is 990. The molecule has 6 nitrogen and oxygen atoms in total. The lowest BCUT2D eigenvalue weighted by Crippen LogP contribution is -2.15. The number of benzene rings is 2. The molecule has 0 atom stereocenters. The van der Waals surface area contributed by atoms with Crippen LogP contribution in [0.3, 0.4) is 0 Å². The number of nitrogens with one attached hydrogen (secondary N) is 1. The number of aromatic nitrogens is 3. The fourth-order valence-electron chi connectivity index (χ4n) is 2.76. The number of carbonyl (C=O) groups is 1. The van der Waals surface area contributed by atoms with E-state index in [1.54, 1.807) is 7.11 Å². The lowest BCUT2D eigenvalue weighted by Gasteiger charge is -2.11. The number of rotatable bonds is 7. The summed E-state index contributed by atoms with van der Waals surface area (Å²) < 4.78 is 7.25. The number of amides is 1. The molecule has 1 aromatic heterocycles. The molecule has 2 aromatic carbocycles. The Labute approximate surface area is 173 Å². The van der Waals surface area contributed by atoms with E-state index >= 15 is 0 Å². The first-order valence-electron chi connectivity index (χ1n) is 8.78. The normalized spacial score (nSPS) is 10.7. The monoisotopic (exact) mass is 416 g/mol. The van der Waals surface area contributed by atoms with Crippen LogP contribution in [-0.2, 0) is 11.3 Å². The second-order valence-electron chi connectivity index (χ2n) is 6.07. The molecule has 0 aliphatic carbocycles. The molecule has 0 saturated carbocycles. The third-order valence-corrected chi connectivity index (χ3v) is 5.41. The molecular weight excluding hydrogens is 396 g/mol. The largest absolute Gasteiger partial charge is 0.495 e. The zero-order chi connectivity index (χ0) is 20.1.